The van der Waals surface area contributed by atoms with E-state index in [1.54, 1.807) is 0 Å². The second-order valence-corrected chi connectivity index (χ2v) is 5.54. The topological polar surface area (TPSA) is 0 Å². The van der Waals surface area contributed by atoms with Gasteiger partial charge in [-0.1, -0.05) is 30.7 Å². The SMILES string of the molecule is Cc1cc(CC2(CCl)CC2C)ccc1Cl. The van der Waals surface area contributed by atoms with E-state index < -0.39 is 0 Å². The molecule has 1 fully saturated rings. The van der Waals surface area contributed by atoms with Crippen LogP contribution in [-0.2, 0) is 6.42 Å². The highest BCUT2D eigenvalue weighted by Gasteiger charge is 2.49. The molecule has 0 saturated heterocycles. The third kappa shape index (κ3) is 2.16. The van der Waals surface area contributed by atoms with Gasteiger partial charge < -0.3 is 0 Å². The Morgan fingerprint density at radius 3 is 2.60 bits per heavy atom. The number of rotatable bonds is 3. The van der Waals surface area contributed by atoms with Gasteiger partial charge >= 0.3 is 0 Å². The number of hydrogen-bond acceptors (Lipinski definition) is 0. The van der Waals surface area contributed by atoms with Crippen LogP contribution in [0.4, 0.5) is 0 Å². The van der Waals surface area contributed by atoms with Crippen LogP contribution >= 0.6 is 23.2 Å². The number of alkyl halides is 1. The van der Waals surface area contributed by atoms with Gasteiger partial charge in [-0.05, 0) is 48.3 Å². The molecule has 1 aliphatic rings. The number of benzene rings is 1. The Balaban J connectivity index is 2.15. The highest BCUT2D eigenvalue weighted by molar-refractivity contribution is 6.31. The minimum Gasteiger partial charge on any atom is -0.126 e. The predicted octanol–water partition coefficient (Wildman–Crippen LogP) is 4.46. The monoisotopic (exact) mass is 242 g/mol. The minimum absolute atomic E-state index is 0.363. The molecule has 0 spiro atoms. The van der Waals surface area contributed by atoms with Crippen molar-refractivity contribution in [2.45, 2.75) is 26.7 Å². The molecule has 15 heavy (non-hydrogen) atoms. The molecule has 2 heteroatoms. The molecule has 0 radical (unpaired) electrons. The molecule has 1 aromatic rings. The molecule has 1 aliphatic carbocycles. The summed E-state index contributed by atoms with van der Waals surface area (Å²) in [6.07, 6.45) is 2.36. The highest BCUT2D eigenvalue weighted by Crippen LogP contribution is 2.55. The highest BCUT2D eigenvalue weighted by atomic mass is 35.5. The van der Waals surface area contributed by atoms with Crippen molar-refractivity contribution >= 4 is 23.2 Å². The smallest absolute Gasteiger partial charge is 0.0435 e. The second kappa shape index (κ2) is 3.99. The molecule has 82 valence electrons. The van der Waals surface area contributed by atoms with Crippen molar-refractivity contribution in [2.75, 3.05) is 5.88 Å². The lowest BCUT2D eigenvalue weighted by Gasteiger charge is -2.13. The fourth-order valence-electron chi connectivity index (χ4n) is 2.25. The predicted molar refractivity (Wildman–Crippen MR) is 66.8 cm³/mol. The van der Waals surface area contributed by atoms with E-state index in [4.69, 9.17) is 23.2 Å². The maximum atomic E-state index is 6.05. The summed E-state index contributed by atoms with van der Waals surface area (Å²) in [5.41, 5.74) is 2.89. The van der Waals surface area contributed by atoms with Crippen LogP contribution in [0.1, 0.15) is 24.5 Å². The molecule has 1 aromatic carbocycles. The van der Waals surface area contributed by atoms with Crippen LogP contribution in [0, 0.1) is 18.3 Å². The second-order valence-electron chi connectivity index (χ2n) is 4.86. The van der Waals surface area contributed by atoms with Gasteiger partial charge in [0.2, 0.25) is 0 Å². The molecule has 0 aromatic heterocycles. The van der Waals surface area contributed by atoms with Crippen molar-refractivity contribution in [1.29, 1.82) is 0 Å². The summed E-state index contributed by atoms with van der Waals surface area (Å²) in [6, 6.07) is 6.29. The summed E-state index contributed by atoms with van der Waals surface area (Å²) >= 11 is 12.0. The van der Waals surface area contributed by atoms with E-state index in [0.717, 1.165) is 28.8 Å². The molecule has 0 aliphatic heterocycles. The van der Waals surface area contributed by atoms with Crippen LogP contribution in [0.5, 0.6) is 0 Å². The Labute approximate surface area is 102 Å². The van der Waals surface area contributed by atoms with Crippen LogP contribution in [0.15, 0.2) is 18.2 Å². The van der Waals surface area contributed by atoms with Crippen molar-refractivity contribution in [3.63, 3.8) is 0 Å². The number of hydrogen-bond donors (Lipinski definition) is 0. The lowest BCUT2D eigenvalue weighted by atomic mass is 9.95. The molecule has 0 bridgehead atoms. The maximum absolute atomic E-state index is 6.05. The average molecular weight is 243 g/mol. The van der Waals surface area contributed by atoms with Crippen LogP contribution in [0.3, 0.4) is 0 Å². The third-order valence-electron chi connectivity index (χ3n) is 3.64. The van der Waals surface area contributed by atoms with Crippen molar-refractivity contribution in [3.8, 4) is 0 Å². The van der Waals surface area contributed by atoms with Gasteiger partial charge in [-0.25, -0.2) is 0 Å². The molecule has 2 atom stereocenters. The van der Waals surface area contributed by atoms with Crippen molar-refractivity contribution in [3.05, 3.63) is 34.3 Å². The summed E-state index contributed by atoms with van der Waals surface area (Å²) in [4.78, 5) is 0. The zero-order chi connectivity index (χ0) is 11.1. The van der Waals surface area contributed by atoms with Gasteiger partial charge in [0.05, 0.1) is 0 Å². The van der Waals surface area contributed by atoms with E-state index in [1.165, 1.54) is 12.0 Å². The molecule has 0 N–H and O–H groups in total. The van der Waals surface area contributed by atoms with Gasteiger partial charge in [0, 0.05) is 10.9 Å². The van der Waals surface area contributed by atoms with E-state index in [2.05, 4.69) is 26.0 Å². The fraction of sp³-hybridized carbons (Fsp3) is 0.538. The number of halogens is 2. The summed E-state index contributed by atoms with van der Waals surface area (Å²) < 4.78 is 0. The standard InChI is InChI=1S/C13H16Cl2/c1-9-5-11(3-4-12(9)15)7-13(8-14)6-10(13)2/h3-5,10H,6-8H2,1-2H3. The van der Waals surface area contributed by atoms with Gasteiger partial charge in [0.15, 0.2) is 0 Å². The van der Waals surface area contributed by atoms with Crippen molar-refractivity contribution in [1.82, 2.24) is 0 Å². The molecule has 0 nitrogen and oxygen atoms in total. The zero-order valence-corrected chi connectivity index (χ0v) is 10.7. The van der Waals surface area contributed by atoms with E-state index in [9.17, 15) is 0 Å². The van der Waals surface area contributed by atoms with Gasteiger partial charge in [-0.3, -0.25) is 0 Å². The fourth-order valence-corrected chi connectivity index (χ4v) is 2.84. The third-order valence-corrected chi connectivity index (χ3v) is 4.60. The van der Waals surface area contributed by atoms with Gasteiger partial charge in [-0.2, -0.15) is 0 Å². The van der Waals surface area contributed by atoms with Crippen LogP contribution < -0.4 is 0 Å². The number of aryl methyl sites for hydroxylation is 1. The van der Waals surface area contributed by atoms with Gasteiger partial charge in [0.25, 0.3) is 0 Å². The molecule has 0 heterocycles. The molecule has 2 unspecified atom stereocenters. The zero-order valence-electron chi connectivity index (χ0n) is 9.19. The first kappa shape index (κ1) is 11.3. The molecular weight excluding hydrogens is 227 g/mol. The first-order valence-electron chi connectivity index (χ1n) is 5.38. The van der Waals surface area contributed by atoms with Crippen molar-refractivity contribution in [2.24, 2.45) is 11.3 Å². The molecular formula is C13H16Cl2. The summed E-state index contributed by atoms with van der Waals surface area (Å²) in [6.45, 7) is 4.33. The van der Waals surface area contributed by atoms with E-state index >= 15 is 0 Å². The minimum atomic E-state index is 0.363. The van der Waals surface area contributed by atoms with E-state index in [1.807, 2.05) is 6.07 Å². The maximum Gasteiger partial charge on any atom is 0.0435 e. The van der Waals surface area contributed by atoms with Crippen LogP contribution in [-0.4, -0.2) is 5.88 Å². The molecule has 1 saturated carbocycles. The Morgan fingerprint density at radius 1 is 1.47 bits per heavy atom. The lowest BCUT2D eigenvalue weighted by molar-refractivity contribution is 0.525. The quantitative estimate of drug-likeness (QED) is 0.688. The normalized spacial score (nSPS) is 29.2. The lowest BCUT2D eigenvalue weighted by Crippen LogP contribution is -2.09. The Bertz CT molecular complexity index is 369. The Hall–Kier alpha value is -0.200. The summed E-state index contributed by atoms with van der Waals surface area (Å²) in [7, 11) is 0. The first-order chi connectivity index (χ1) is 7.07. The largest absolute Gasteiger partial charge is 0.126 e. The summed E-state index contributed by atoms with van der Waals surface area (Å²) in [5, 5.41) is 0.850. The Kier molecular flexibility index (Phi) is 3.00. The van der Waals surface area contributed by atoms with Gasteiger partial charge in [-0.15, -0.1) is 11.6 Å². The van der Waals surface area contributed by atoms with Crippen molar-refractivity contribution < 1.29 is 0 Å². The van der Waals surface area contributed by atoms with Crippen LogP contribution in [0.2, 0.25) is 5.02 Å². The van der Waals surface area contributed by atoms with E-state index in [-0.39, 0.29) is 0 Å². The Morgan fingerprint density at radius 2 is 2.13 bits per heavy atom. The molecule has 0 amide bonds. The first-order valence-corrected chi connectivity index (χ1v) is 6.30. The molecule has 2 rings (SSSR count). The van der Waals surface area contributed by atoms with E-state index in [0.29, 0.717) is 5.41 Å². The van der Waals surface area contributed by atoms with Crippen LogP contribution in [0.25, 0.3) is 0 Å². The summed E-state index contributed by atoms with van der Waals surface area (Å²) in [5.74, 6) is 1.54. The van der Waals surface area contributed by atoms with Gasteiger partial charge in [0.1, 0.15) is 0 Å². The average Bonchev–Trinajstić information content (AvgIpc) is 2.84.